The summed E-state index contributed by atoms with van der Waals surface area (Å²) < 4.78 is 27.7. The first-order chi connectivity index (χ1) is 14.0. The first-order valence-electron chi connectivity index (χ1n) is 10.2. The Morgan fingerprint density at radius 2 is 1.77 bits per heavy atom. The van der Waals surface area contributed by atoms with Gasteiger partial charge in [0.25, 0.3) is 10.0 Å². The molecule has 0 saturated carbocycles. The summed E-state index contributed by atoms with van der Waals surface area (Å²) >= 11 is 1.33. The maximum atomic E-state index is 12.8. The minimum Gasteiger partial charge on any atom is -0.357 e. The molecule has 0 aliphatic carbocycles. The number of aryl methyl sites for hydroxylation is 1. The average Bonchev–Trinajstić information content (AvgIpc) is 3.22. The number of nitrogens with one attached hydrogen (secondary N) is 2. The molecule has 0 amide bonds. The first kappa shape index (κ1) is 25.1. The molecule has 0 radical (unpaired) electrons. The summed E-state index contributed by atoms with van der Waals surface area (Å²) in [5, 5.41) is 6.54. The van der Waals surface area contributed by atoms with Gasteiger partial charge in [-0.1, -0.05) is 36.2 Å². The number of halogens is 1. The van der Waals surface area contributed by atoms with E-state index in [4.69, 9.17) is 0 Å². The zero-order valence-corrected chi connectivity index (χ0v) is 21.5. The third-order valence-electron chi connectivity index (χ3n) is 4.86. The van der Waals surface area contributed by atoms with Crippen LogP contribution in [0.15, 0.2) is 45.6 Å². The van der Waals surface area contributed by atoms with Gasteiger partial charge in [0.2, 0.25) is 0 Å². The number of hydrogen-bond donors (Lipinski definition) is 2. The van der Waals surface area contributed by atoms with E-state index in [1.807, 2.05) is 13.0 Å². The van der Waals surface area contributed by atoms with Gasteiger partial charge < -0.3 is 10.6 Å². The van der Waals surface area contributed by atoms with Gasteiger partial charge in [-0.25, -0.2) is 13.4 Å². The van der Waals surface area contributed by atoms with Gasteiger partial charge in [0, 0.05) is 24.5 Å². The maximum Gasteiger partial charge on any atom is 0.252 e. The Labute approximate surface area is 201 Å². The van der Waals surface area contributed by atoms with Crippen LogP contribution in [0.25, 0.3) is 0 Å². The van der Waals surface area contributed by atoms with Gasteiger partial charge in [0.05, 0.1) is 13.1 Å². The van der Waals surface area contributed by atoms with Gasteiger partial charge in [-0.3, -0.25) is 0 Å². The SMILES string of the molecule is CCNC(=NCc1ccc(C)cc1)NCc1ccc(S(=O)(=O)N2CCCCC2)s1.I. The van der Waals surface area contributed by atoms with Crippen LogP contribution < -0.4 is 10.6 Å². The van der Waals surface area contributed by atoms with Crippen molar-refractivity contribution in [3.05, 3.63) is 52.4 Å². The fraction of sp³-hybridized carbons (Fsp3) is 0.476. The predicted molar refractivity (Wildman–Crippen MR) is 135 cm³/mol. The van der Waals surface area contributed by atoms with Crippen molar-refractivity contribution in [3.8, 4) is 0 Å². The quantitative estimate of drug-likeness (QED) is 0.303. The van der Waals surface area contributed by atoms with E-state index in [0.717, 1.165) is 42.2 Å². The van der Waals surface area contributed by atoms with Crippen LogP contribution in [0, 0.1) is 6.92 Å². The number of aliphatic imine (C=N–C) groups is 1. The number of rotatable bonds is 7. The lowest BCUT2D eigenvalue weighted by Gasteiger charge is -2.25. The van der Waals surface area contributed by atoms with Crippen molar-refractivity contribution in [2.75, 3.05) is 19.6 Å². The zero-order chi connectivity index (χ0) is 20.7. The van der Waals surface area contributed by atoms with Crippen LogP contribution in [0.2, 0.25) is 0 Å². The van der Waals surface area contributed by atoms with Crippen LogP contribution in [-0.4, -0.2) is 38.3 Å². The summed E-state index contributed by atoms with van der Waals surface area (Å²) in [6.07, 6.45) is 3.01. The summed E-state index contributed by atoms with van der Waals surface area (Å²) in [7, 11) is -3.36. The van der Waals surface area contributed by atoms with Gasteiger partial charge in [-0.15, -0.1) is 35.3 Å². The molecular formula is C21H31IN4O2S2. The lowest BCUT2D eigenvalue weighted by molar-refractivity contribution is 0.347. The second-order valence-corrected chi connectivity index (χ2v) is 10.6. The van der Waals surface area contributed by atoms with Crippen molar-refractivity contribution >= 4 is 51.3 Å². The van der Waals surface area contributed by atoms with Crippen molar-refractivity contribution in [2.24, 2.45) is 4.99 Å². The molecule has 0 unspecified atom stereocenters. The second-order valence-electron chi connectivity index (χ2n) is 7.22. The van der Waals surface area contributed by atoms with Gasteiger partial charge >= 0.3 is 0 Å². The van der Waals surface area contributed by atoms with E-state index in [0.29, 0.717) is 30.4 Å². The molecule has 0 spiro atoms. The molecule has 166 valence electrons. The average molecular weight is 563 g/mol. The minimum absolute atomic E-state index is 0. The van der Waals surface area contributed by atoms with Crippen LogP contribution in [0.1, 0.15) is 42.2 Å². The molecule has 1 fully saturated rings. The number of thiophene rings is 1. The Bertz CT molecular complexity index is 921. The van der Waals surface area contributed by atoms with Crippen LogP contribution in [0.4, 0.5) is 0 Å². The van der Waals surface area contributed by atoms with Crippen LogP contribution >= 0.6 is 35.3 Å². The maximum absolute atomic E-state index is 12.8. The molecular weight excluding hydrogens is 531 g/mol. The fourth-order valence-electron chi connectivity index (χ4n) is 3.20. The minimum atomic E-state index is -3.36. The van der Waals surface area contributed by atoms with Gasteiger partial charge in [0.15, 0.2) is 5.96 Å². The summed E-state index contributed by atoms with van der Waals surface area (Å²) in [4.78, 5) is 5.60. The highest BCUT2D eigenvalue weighted by atomic mass is 127. The molecule has 9 heteroatoms. The molecule has 2 N–H and O–H groups in total. The lowest BCUT2D eigenvalue weighted by Crippen LogP contribution is -2.36. The van der Waals surface area contributed by atoms with Crippen LogP contribution in [0.5, 0.6) is 0 Å². The largest absolute Gasteiger partial charge is 0.357 e. The highest BCUT2D eigenvalue weighted by molar-refractivity contribution is 14.0. The number of sulfonamides is 1. The summed E-state index contributed by atoms with van der Waals surface area (Å²) in [5.74, 6) is 0.724. The monoisotopic (exact) mass is 562 g/mol. The van der Waals surface area contributed by atoms with E-state index in [-0.39, 0.29) is 24.0 Å². The molecule has 1 aliphatic heterocycles. The smallest absolute Gasteiger partial charge is 0.252 e. The van der Waals surface area contributed by atoms with E-state index in [2.05, 4.69) is 46.8 Å². The number of hydrogen-bond acceptors (Lipinski definition) is 4. The Hall–Kier alpha value is -1.17. The molecule has 2 aromatic rings. The molecule has 1 aliphatic rings. The van der Waals surface area contributed by atoms with E-state index in [9.17, 15) is 8.42 Å². The topological polar surface area (TPSA) is 73.8 Å². The molecule has 1 saturated heterocycles. The lowest BCUT2D eigenvalue weighted by atomic mass is 10.1. The Balaban J connectivity index is 0.00000320. The van der Waals surface area contributed by atoms with Crippen molar-refractivity contribution in [2.45, 2.75) is 50.4 Å². The van der Waals surface area contributed by atoms with Crippen molar-refractivity contribution in [1.82, 2.24) is 14.9 Å². The van der Waals surface area contributed by atoms with Gasteiger partial charge in [0.1, 0.15) is 4.21 Å². The highest BCUT2D eigenvalue weighted by Crippen LogP contribution is 2.27. The normalized spacial score (nSPS) is 15.5. The van der Waals surface area contributed by atoms with Crippen LogP contribution in [0.3, 0.4) is 0 Å². The Morgan fingerprint density at radius 3 is 2.43 bits per heavy atom. The van der Waals surface area contributed by atoms with E-state index in [1.165, 1.54) is 16.9 Å². The van der Waals surface area contributed by atoms with Gasteiger partial charge in [-0.2, -0.15) is 4.31 Å². The summed E-state index contributed by atoms with van der Waals surface area (Å²) in [6.45, 7) is 7.25. The van der Waals surface area contributed by atoms with Crippen molar-refractivity contribution in [1.29, 1.82) is 0 Å². The van der Waals surface area contributed by atoms with E-state index in [1.54, 1.807) is 10.4 Å². The number of benzene rings is 1. The van der Waals surface area contributed by atoms with Gasteiger partial charge in [-0.05, 0) is 44.4 Å². The Morgan fingerprint density at radius 1 is 1.07 bits per heavy atom. The predicted octanol–water partition coefficient (Wildman–Crippen LogP) is 4.10. The van der Waals surface area contributed by atoms with Crippen molar-refractivity contribution in [3.63, 3.8) is 0 Å². The number of piperidine rings is 1. The second kappa shape index (κ2) is 12.0. The molecule has 0 atom stereocenters. The molecule has 30 heavy (non-hydrogen) atoms. The molecule has 6 nitrogen and oxygen atoms in total. The standard InChI is InChI=1S/C21H30N4O2S2.HI/c1-3-22-21(23-15-18-9-7-17(2)8-10-18)24-16-19-11-12-20(28-19)29(26,27)25-13-5-4-6-14-25;/h7-12H,3-6,13-16H2,1-2H3,(H2,22,23,24);1H. The zero-order valence-electron chi connectivity index (χ0n) is 17.6. The molecule has 3 rings (SSSR count). The van der Waals surface area contributed by atoms with Crippen molar-refractivity contribution < 1.29 is 8.42 Å². The molecule has 1 aromatic carbocycles. The fourth-order valence-corrected chi connectivity index (χ4v) is 6.17. The highest BCUT2D eigenvalue weighted by Gasteiger charge is 2.27. The number of guanidine groups is 1. The first-order valence-corrected chi connectivity index (χ1v) is 12.4. The number of nitrogens with zero attached hydrogens (tertiary/aromatic N) is 2. The summed E-state index contributed by atoms with van der Waals surface area (Å²) in [6, 6.07) is 11.9. The third-order valence-corrected chi connectivity index (χ3v) is 8.31. The van der Waals surface area contributed by atoms with Crippen LogP contribution in [-0.2, 0) is 23.1 Å². The molecule has 0 bridgehead atoms. The third kappa shape index (κ3) is 6.93. The molecule has 1 aromatic heterocycles. The van der Waals surface area contributed by atoms with E-state index < -0.39 is 10.0 Å². The summed E-state index contributed by atoms with van der Waals surface area (Å²) in [5.41, 5.74) is 2.38. The Kier molecular flexibility index (Phi) is 10.1. The molecule has 2 heterocycles. The van der Waals surface area contributed by atoms with E-state index >= 15 is 0 Å².